The van der Waals surface area contributed by atoms with Crippen LogP contribution in [0.25, 0.3) is 22.0 Å². The summed E-state index contributed by atoms with van der Waals surface area (Å²) in [7, 11) is 0. The molecule has 1 aliphatic heterocycles. The van der Waals surface area contributed by atoms with Crippen molar-refractivity contribution in [2.45, 2.75) is 13.3 Å². The highest BCUT2D eigenvalue weighted by molar-refractivity contribution is 6.39. The summed E-state index contributed by atoms with van der Waals surface area (Å²) in [5.74, 6) is -0.698. The van der Waals surface area contributed by atoms with Gasteiger partial charge < -0.3 is 16.0 Å². The van der Waals surface area contributed by atoms with Crippen LogP contribution in [-0.4, -0.2) is 44.8 Å². The number of likely N-dealkylation sites (tertiary alicyclic amines) is 1. The number of rotatable bonds is 3. The number of aromatic nitrogens is 3. The predicted molar refractivity (Wildman–Crippen MR) is 111 cm³/mol. The first kappa shape index (κ1) is 19.3. The summed E-state index contributed by atoms with van der Waals surface area (Å²) in [6.07, 6.45) is 5.33. The molecule has 1 saturated heterocycles. The fourth-order valence-corrected chi connectivity index (χ4v) is 3.42. The van der Waals surface area contributed by atoms with Gasteiger partial charge in [0.2, 0.25) is 0 Å². The van der Waals surface area contributed by atoms with E-state index in [1.54, 1.807) is 18.5 Å². The summed E-state index contributed by atoms with van der Waals surface area (Å²) >= 11 is 0. The number of amides is 2. The fraction of sp³-hybridized carbons (Fsp3) is 0.238. The van der Waals surface area contributed by atoms with Crippen LogP contribution in [0.3, 0.4) is 0 Å². The number of nitrogens with two attached hydrogens (primary N) is 1. The molecule has 4 heterocycles. The molecule has 0 bridgehead atoms. The van der Waals surface area contributed by atoms with Crippen molar-refractivity contribution in [2.75, 3.05) is 24.1 Å². The molecule has 9 nitrogen and oxygen atoms in total. The summed E-state index contributed by atoms with van der Waals surface area (Å²) in [5, 5.41) is 12.6. The fourth-order valence-electron chi connectivity index (χ4n) is 3.42. The van der Waals surface area contributed by atoms with Crippen molar-refractivity contribution in [2.24, 2.45) is 5.92 Å². The summed E-state index contributed by atoms with van der Waals surface area (Å²) < 4.78 is 0. The Balaban J connectivity index is 1.56. The second kappa shape index (κ2) is 7.75. The van der Waals surface area contributed by atoms with Gasteiger partial charge in [-0.2, -0.15) is 5.26 Å². The third-order valence-electron chi connectivity index (χ3n) is 5.12. The molecule has 0 unspecified atom stereocenters. The van der Waals surface area contributed by atoms with Crippen molar-refractivity contribution >= 4 is 34.2 Å². The standard InChI is InChI=1S/C21H19N7O2/c1-12-3-5-24-8-15(12)17-6-14-7-18(25-9-16(14)19(23)26-17)27-20(29)21(30)28-10-13(11-28)2-4-22/h3,5-9,13H,2,10-11H2,1H3,(H2,23,26)(H,25,27,29). The number of hydrogen-bond donors (Lipinski definition) is 2. The van der Waals surface area contributed by atoms with Crippen molar-refractivity contribution in [1.82, 2.24) is 19.9 Å². The lowest BCUT2D eigenvalue weighted by atomic mass is 9.97. The summed E-state index contributed by atoms with van der Waals surface area (Å²) in [6.45, 7) is 2.79. The Bertz CT molecular complexity index is 1200. The van der Waals surface area contributed by atoms with E-state index in [0.29, 0.717) is 36.4 Å². The minimum absolute atomic E-state index is 0.135. The minimum atomic E-state index is -0.761. The summed E-state index contributed by atoms with van der Waals surface area (Å²) in [6, 6.07) is 7.46. The van der Waals surface area contributed by atoms with Gasteiger partial charge >= 0.3 is 11.8 Å². The van der Waals surface area contributed by atoms with Crippen molar-refractivity contribution in [3.8, 4) is 17.3 Å². The Morgan fingerprint density at radius 2 is 2.13 bits per heavy atom. The van der Waals surface area contributed by atoms with Gasteiger partial charge in [-0.05, 0) is 36.1 Å². The lowest BCUT2D eigenvalue weighted by molar-refractivity contribution is -0.147. The van der Waals surface area contributed by atoms with Crippen LogP contribution in [0.2, 0.25) is 0 Å². The van der Waals surface area contributed by atoms with Crippen molar-refractivity contribution < 1.29 is 9.59 Å². The maximum absolute atomic E-state index is 12.3. The molecular weight excluding hydrogens is 382 g/mol. The molecule has 150 valence electrons. The predicted octanol–water partition coefficient (Wildman–Crippen LogP) is 1.89. The van der Waals surface area contributed by atoms with E-state index in [9.17, 15) is 9.59 Å². The molecule has 9 heteroatoms. The number of fused-ring (bicyclic) bond motifs is 1. The molecule has 4 rings (SSSR count). The van der Waals surface area contributed by atoms with E-state index in [2.05, 4.69) is 26.3 Å². The zero-order valence-corrected chi connectivity index (χ0v) is 16.3. The van der Waals surface area contributed by atoms with Crippen molar-refractivity contribution in [3.05, 3.63) is 42.4 Å². The van der Waals surface area contributed by atoms with Gasteiger partial charge in [-0.15, -0.1) is 0 Å². The van der Waals surface area contributed by atoms with Crippen LogP contribution in [0, 0.1) is 24.2 Å². The summed E-state index contributed by atoms with van der Waals surface area (Å²) in [4.78, 5) is 38.7. The van der Waals surface area contributed by atoms with Crippen molar-refractivity contribution in [3.63, 3.8) is 0 Å². The highest BCUT2D eigenvalue weighted by Gasteiger charge is 2.33. The number of carbonyl (C=O) groups excluding carboxylic acids is 2. The van der Waals surface area contributed by atoms with E-state index in [4.69, 9.17) is 11.0 Å². The first-order valence-electron chi connectivity index (χ1n) is 9.40. The van der Waals surface area contributed by atoms with E-state index < -0.39 is 11.8 Å². The van der Waals surface area contributed by atoms with Gasteiger partial charge in [-0.3, -0.25) is 14.6 Å². The van der Waals surface area contributed by atoms with Crippen molar-refractivity contribution in [1.29, 1.82) is 5.26 Å². The minimum Gasteiger partial charge on any atom is -0.383 e. The van der Waals surface area contributed by atoms with Gasteiger partial charge in [-0.1, -0.05) is 0 Å². The lowest BCUT2D eigenvalue weighted by Crippen LogP contribution is -2.53. The lowest BCUT2D eigenvalue weighted by Gasteiger charge is -2.37. The van der Waals surface area contributed by atoms with E-state index >= 15 is 0 Å². The number of nitriles is 1. The van der Waals surface area contributed by atoms with Crippen LogP contribution in [0.4, 0.5) is 11.6 Å². The van der Waals surface area contributed by atoms with Crippen LogP contribution < -0.4 is 11.1 Å². The first-order chi connectivity index (χ1) is 14.5. The smallest absolute Gasteiger partial charge is 0.315 e. The molecule has 1 fully saturated rings. The van der Waals surface area contributed by atoms with Gasteiger partial charge in [0.1, 0.15) is 11.6 Å². The highest BCUT2D eigenvalue weighted by atomic mass is 16.2. The summed E-state index contributed by atoms with van der Waals surface area (Å²) in [5.41, 5.74) is 8.63. The molecule has 0 aromatic carbocycles. The third kappa shape index (κ3) is 3.63. The second-order valence-corrected chi connectivity index (χ2v) is 7.27. The van der Waals surface area contributed by atoms with Gasteiger partial charge in [0.25, 0.3) is 0 Å². The normalized spacial score (nSPS) is 13.5. The van der Waals surface area contributed by atoms with Crippen LogP contribution in [0.1, 0.15) is 12.0 Å². The SMILES string of the molecule is Cc1ccncc1-c1cc2cc(NC(=O)C(=O)N3CC(CC#N)C3)ncc2c(N)n1. The molecule has 3 N–H and O–H groups in total. The molecule has 2 amide bonds. The molecule has 0 atom stereocenters. The van der Waals surface area contributed by atoms with Gasteiger partial charge in [0.15, 0.2) is 0 Å². The first-order valence-corrected chi connectivity index (χ1v) is 9.40. The molecule has 3 aromatic rings. The number of pyridine rings is 3. The Hall–Kier alpha value is -4.06. The Morgan fingerprint density at radius 3 is 2.87 bits per heavy atom. The number of nitrogens with zero attached hydrogens (tertiary/aromatic N) is 5. The maximum atomic E-state index is 12.3. The number of hydrogen-bond acceptors (Lipinski definition) is 7. The average molecular weight is 401 g/mol. The zero-order chi connectivity index (χ0) is 21.3. The van der Waals surface area contributed by atoms with Crippen LogP contribution >= 0.6 is 0 Å². The Labute approximate surface area is 172 Å². The Morgan fingerprint density at radius 1 is 1.33 bits per heavy atom. The Kier molecular flexibility index (Phi) is 4.98. The van der Waals surface area contributed by atoms with Crippen LogP contribution in [0.15, 0.2) is 36.8 Å². The number of nitrogen functional groups attached to an aromatic ring is 1. The van der Waals surface area contributed by atoms with E-state index in [-0.39, 0.29) is 11.7 Å². The maximum Gasteiger partial charge on any atom is 0.315 e. The number of nitrogens with one attached hydrogen (secondary N) is 1. The van der Waals surface area contributed by atoms with Gasteiger partial charge in [0, 0.05) is 55.0 Å². The molecule has 1 aliphatic rings. The third-order valence-corrected chi connectivity index (χ3v) is 5.12. The molecule has 0 radical (unpaired) electrons. The van der Waals surface area contributed by atoms with Crippen LogP contribution in [-0.2, 0) is 9.59 Å². The quantitative estimate of drug-likeness (QED) is 0.639. The molecule has 3 aromatic heterocycles. The van der Waals surface area contributed by atoms with Gasteiger partial charge in [0.05, 0.1) is 11.8 Å². The topological polar surface area (TPSA) is 138 Å². The monoisotopic (exact) mass is 401 g/mol. The largest absolute Gasteiger partial charge is 0.383 e. The average Bonchev–Trinajstić information content (AvgIpc) is 2.70. The number of carbonyl (C=O) groups is 2. The van der Waals surface area contributed by atoms with E-state index in [1.165, 1.54) is 11.1 Å². The van der Waals surface area contributed by atoms with E-state index in [0.717, 1.165) is 16.5 Å². The van der Waals surface area contributed by atoms with Crippen LogP contribution in [0.5, 0.6) is 0 Å². The number of anilines is 2. The molecule has 0 saturated carbocycles. The zero-order valence-electron chi connectivity index (χ0n) is 16.3. The highest BCUT2D eigenvalue weighted by Crippen LogP contribution is 2.28. The van der Waals surface area contributed by atoms with E-state index in [1.807, 2.05) is 19.1 Å². The molecular formula is C21H19N7O2. The molecule has 30 heavy (non-hydrogen) atoms. The molecule has 0 spiro atoms. The number of aryl methyl sites for hydroxylation is 1. The van der Waals surface area contributed by atoms with Gasteiger partial charge in [-0.25, -0.2) is 9.97 Å². The molecule has 0 aliphatic carbocycles. The second-order valence-electron chi connectivity index (χ2n) is 7.27.